The van der Waals surface area contributed by atoms with Crippen molar-refractivity contribution in [3.05, 3.63) is 145 Å². The first-order valence-corrected chi connectivity index (χ1v) is 10.8. The first-order valence-electron chi connectivity index (χ1n) is 10.8. The number of unbranched alkanes of at least 4 members (excludes halogenated alkanes) is 2. The predicted octanol–water partition coefficient (Wildman–Crippen LogP) is 7.54. The predicted molar refractivity (Wildman–Crippen MR) is 134 cm³/mol. The molecule has 0 aliphatic heterocycles. The monoisotopic (exact) mass is 395 g/mol. The quantitative estimate of drug-likeness (QED) is 0.439. The number of allylic oxidation sites excluding steroid dienone is 23. The molecule has 1 N–H and O–H groups in total. The zero-order valence-corrected chi connectivity index (χ0v) is 17.7. The Morgan fingerprint density at radius 1 is 0.433 bits per heavy atom. The molecule has 0 fully saturated rings. The zero-order valence-electron chi connectivity index (χ0n) is 17.7. The standard InChI is InChI=1S/C29H33N/c1-3-7-11-16-22-28(23-17-12-8-4-1)24-18-15-21-27-30-29-25-19-13-9-5-2-6-10-14-20-26-29/h1-14,16-17,19-20,22-23,25-26,30H,15,18,21,24,27H2/b3-1?,4-1?,5-2-,6-2?,7-3?,8-4?,9-5?,10-6-,11-7-,12-8?,13-9-,14-10?,16-11?,17-12-,19-13?,20-14-,22-16-,23-17?,25-19?,26-20?,28-22?,28-23+,29-25?,29-26?. The fraction of sp³-hybridized carbons (Fsp3) is 0.172. The molecule has 0 atom stereocenters. The molecule has 0 radical (unpaired) electrons. The summed E-state index contributed by atoms with van der Waals surface area (Å²) in [6.07, 6.45) is 50.3. The highest BCUT2D eigenvalue weighted by atomic mass is 14.9. The van der Waals surface area contributed by atoms with E-state index in [1.54, 1.807) is 0 Å². The summed E-state index contributed by atoms with van der Waals surface area (Å²) in [5.74, 6) is 0. The summed E-state index contributed by atoms with van der Waals surface area (Å²) in [6, 6.07) is 0. The average Bonchev–Trinajstić information content (AvgIpc) is 2.73. The fourth-order valence-electron chi connectivity index (χ4n) is 2.83. The van der Waals surface area contributed by atoms with Crippen LogP contribution in [0.15, 0.2) is 145 Å². The summed E-state index contributed by atoms with van der Waals surface area (Å²) in [5, 5.41) is 3.54. The van der Waals surface area contributed by atoms with Gasteiger partial charge in [0.1, 0.15) is 0 Å². The average molecular weight is 396 g/mol. The van der Waals surface area contributed by atoms with Gasteiger partial charge in [0.15, 0.2) is 0 Å². The SMILES string of the molecule is C1=C\C=C/C=C\C(CCCCCNC2=C\C=C/C=C\C=C/C=C\C=C2)=C/C=C\C=C1. The van der Waals surface area contributed by atoms with Gasteiger partial charge in [0.05, 0.1) is 0 Å². The molecule has 0 amide bonds. The van der Waals surface area contributed by atoms with Crippen molar-refractivity contribution in [2.45, 2.75) is 25.7 Å². The minimum Gasteiger partial charge on any atom is -0.385 e. The lowest BCUT2D eigenvalue weighted by Gasteiger charge is -2.07. The van der Waals surface area contributed by atoms with E-state index in [9.17, 15) is 0 Å². The van der Waals surface area contributed by atoms with Crippen molar-refractivity contribution in [2.24, 2.45) is 0 Å². The Kier molecular flexibility index (Phi) is 12.7. The molecular formula is C29H33N. The second-order valence-corrected chi connectivity index (χ2v) is 6.90. The van der Waals surface area contributed by atoms with E-state index < -0.39 is 0 Å². The molecule has 30 heavy (non-hydrogen) atoms. The molecule has 2 rings (SSSR count). The highest BCUT2D eigenvalue weighted by Crippen LogP contribution is 2.11. The van der Waals surface area contributed by atoms with Crippen LogP contribution in [0.1, 0.15) is 25.7 Å². The van der Waals surface area contributed by atoms with Crippen molar-refractivity contribution < 1.29 is 0 Å². The summed E-state index contributed by atoms with van der Waals surface area (Å²) >= 11 is 0. The van der Waals surface area contributed by atoms with E-state index in [2.05, 4.69) is 78.2 Å². The molecule has 0 spiro atoms. The third-order valence-corrected chi connectivity index (χ3v) is 4.42. The largest absolute Gasteiger partial charge is 0.385 e. The summed E-state index contributed by atoms with van der Waals surface area (Å²) in [5.41, 5.74) is 2.50. The van der Waals surface area contributed by atoms with Crippen LogP contribution < -0.4 is 5.32 Å². The molecule has 0 unspecified atom stereocenters. The molecule has 0 aromatic carbocycles. The topological polar surface area (TPSA) is 12.0 Å². The van der Waals surface area contributed by atoms with Crippen LogP contribution in [0.5, 0.6) is 0 Å². The first-order chi connectivity index (χ1) is 14.9. The van der Waals surface area contributed by atoms with Gasteiger partial charge >= 0.3 is 0 Å². The van der Waals surface area contributed by atoms with Crippen LogP contribution in [0.4, 0.5) is 0 Å². The van der Waals surface area contributed by atoms with Gasteiger partial charge in [-0.15, -0.1) is 0 Å². The van der Waals surface area contributed by atoms with E-state index in [-0.39, 0.29) is 0 Å². The number of hydrogen-bond donors (Lipinski definition) is 1. The maximum Gasteiger partial charge on any atom is 0.0340 e. The molecule has 0 heterocycles. The van der Waals surface area contributed by atoms with Gasteiger partial charge in [-0.2, -0.15) is 0 Å². The minimum atomic E-state index is 0.984. The molecule has 1 nitrogen and oxygen atoms in total. The molecule has 0 aromatic rings. The van der Waals surface area contributed by atoms with E-state index in [1.807, 2.05) is 60.8 Å². The minimum absolute atomic E-state index is 0.984. The van der Waals surface area contributed by atoms with Crippen molar-refractivity contribution in [1.29, 1.82) is 0 Å². The Balaban J connectivity index is 1.74. The Morgan fingerprint density at radius 3 is 1.57 bits per heavy atom. The van der Waals surface area contributed by atoms with E-state index in [4.69, 9.17) is 0 Å². The van der Waals surface area contributed by atoms with E-state index in [1.165, 1.54) is 18.4 Å². The van der Waals surface area contributed by atoms with Crippen LogP contribution in [0.2, 0.25) is 0 Å². The third-order valence-electron chi connectivity index (χ3n) is 4.42. The van der Waals surface area contributed by atoms with Gasteiger partial charge in [-0.05, 0) is 37.0 Å². The number of nitrogens with one attached hydrogen (secondary N) is 1. The fourth-order valence-corrected chi connectivity index (χ4v) is 2.83. The van der Waals surface area contributed by atoms with Gasteiger partial charge in [0, 0.05) is 12.2 Å². The van der Waals surface area contributed by atoms with Gasteiger partial charge < -0.3 is 5.32 Å². The van der Waals surface area contributed by atoms with Gasteiger partial charge in [-0.3, -0.25) is 0 Å². The molecule has 0 saturated heterocycles. The lowest BCUT2D eigenvalue weighted by molar-refractivity contribution is 0.648. The van der Waals surface area contributed by atoms with Gasteiger partial charge in [0.25, 0.3) is 0 Å². The van der Waals surface area contributed by atoms with Crippen LogP contribution in [0, 0.1) is 0 Å². The Hall–Kier alpha value is -3.32. The molecular weight excluding hydrogens is 362 g/mol. The Bertz CT molecular complexity index is 771. The number of hydrogen-bond acceptors (Lipinski definition) is 1. The molecule has 1 heteroatoms. The highest BCUT2D eigenvalue weighted by Gasteiger charge is 1.95. The lowest BCUT2D eigenvalue weighted by Crippen LogP contribution is -2.13. The van der Waals surface area contributed by atoms with Crippen LogP contribution in [0.3, 0.4) is 0 Å². The second kappa shape index (κ2) is 16.6. The molecule has 2 aliphatic carbocycles. The van der Waals surface area contributed by atoms with Crippen LogP contribution in [0.25, 0.3) is 0 Å². The maximum absolute atomic E-state index is 3.54. The Morgan fingerprint density at radius 2 is 0.933 bits per heavy atom. The third kappa shape index (κ3) is 12.2. The van der Waals surface area contributed by atoms with Gasteiger partial charge in [0.2, 0.25) is 0 Å². The molecule has 0 aromatic heterocycles. The van der Waals surface area contributed by atoms with Crippen LogP contribution >= 0.6 is 0 Å². The maximum atomic E-state index is 3.54. The van der Waals surface area contributed by atoms with E-state index >= 15 is 0 Å². The Labute approximate surface area is 182 Å². The van der Waals surface area contributed by atoms with E-state index in [0.717, 1.165) is 25.1 Å². The molecule has 154 valence electrons. The zero-order chi connectivity index (χ0) is 21.0. The van der Waals surface area contributed by atoms with E-state index in [0.29, 0.717) is 0 Å². The highest BCUT2D eigenvalue weighted by molar-refractivity contribution is 5.30. The molecule has 2 aliphatic rings. The summed E-state index contributed by atoms with van der Waals surface area (Å²) in [6.45, 7) is 0.984. The smallest absolute Gasteiger partial charge is 0.0340 e. The first kappa shape index (κ1) is 23.0. The van der Waals surface area contributed by atoms with Crippen LogP contribution in [-0.4, -0.2) is 6.54 Å². The molecule has 0 saturated carbocycles. The van der Waals surface area contributed by atoms with Gasteiger partial charge in [-0.25, -0.2) is 0 Å². The summed E-state index contributed by atoms with van der Waals surface area (Å²) < 4.78 is 0. The van der Waals surface area contributed by atoms with Crippen molar-refractivity contribution in [3.63, 3.8) is 0 Å². The van der Waals surface area contributed by atoms with Crippen molar-refractivity contribution >= 4 is 0 Å². The van der Waals surface area contributed by atoms with Crippen LogP contribution in [-0.2, 0) is 0 Å². The van der Waals surface area contributed by atoms with Crippen molar-refractivity contribution in [1.82, 2.24) is 5.32 Å². The van der Waals surface area contributed by atoms with Crippen molar-refractivity contribution in [2.75, 3.05) is 6.54 Å². The lowest BCUT2D eigenvalue weighted by atomic mass is 10.1. The normalized spacial score (nSPS) is 25.6. The van der Waals surface area contributed by atoms with Crippen molar-refractivity contribution in [3.8, 4) is 0 Å². The molecule has 0 bridgehead atoms. The summed E-state index contributed by atoms with van der Waals surface area (Å²) in [4.78, 5) is 0. The van der Waals surface area contributed by atoms with Gasteiger partial charge in [-0.1, -0.05) is 128 Å². The second-order valence-electron chi connectivity index (χ2n) is 6.90. The summed E-state index contributed by atoms with van der Waals surface area (Å²) in [7, 11) is 0. The number of rotatable bonds is 7.